The Kier molecular flexibility index (Phi) is 5.30. The Bertz CT molecular complexity index is 314. The SMILES string of the molecule is C#CC#CC#CC#CC#C. The number of hydrogen-bond donors (Lipinski definition) is 0. The van der Waals surface area contributed by atoms with Gasteiger partial charge in [-0.15, -0.1) is 12.8 Å². The van der Waals surface area contributed by atoms with Crippen LogP contribution in [-0.4, -0.2) is 0 Å². The quantitative estimate of drug-likeness (QED) is 0.404. The van der Waals surface area contributed by atoms with Gasteiger partial charge in [-0.25, -0.2) is 0 Å². The van der Waals surface area contributed by atoms with Crippen LogP contribution < -0.4 is 0 Å². The van der Waals surface area contributed by atoms with E-state index < -0.39 is 0 Å². The van der Waals surface area contributed by atoms with E-state index in [0.29, 0.717) is 0 Å². The first-order chi connectivity index (χ1) is 4.91. The van der Waals surface area contributed by atoms with Crippen molar-refractivity contribution in [3.05, 3.63) is 0 Å². The van der Waals surface area contributed by atoms with Gasteiger partial charge < -0.3 is 0 Å². The van der Waals surface area contributed by atoms with E-state index >= 15 is 0 Å². The first kappa shape index (κ1) is 7.80. The zero-order valence-corrected chi connectivity index (χ0v) is 5.15. The van der Waals surface area contributed by atoms with Gasteiger partial charge in [0.15, 0.2) is 0 Å². The maximum absolute atomic E-state index is 4.81. The predicted octanol–water partition coefficient (Wildman–Crippen LogP) is 0.263. The fourth-order valence-corrected chi connectivity index (χ4v) is 0.197. The van der Waals surface area contributed by atoms with Gasteiger partial charge in [0.1, 0.15) is 0 Å². The maximum atomic E-state index is 4.81. The molecule has 0 aromatic heterocycles. The molecule has 0 heteroatoms. The Hall–Kier alpha value is -2.20. The predicted molar refractivity (Wildman–Crippen MR) is 41.0 cm³/mol. The number of hydrogen-bond acceptors (Lipinski definition) is 0. The molecular weight excluding hydrogens is 120 g/mol. The van der Waals surface area contributed by atoms with Crippen molar-refractivity contribution in [1.29, 1.82) is 0 Å². The van der Waals surface area contributed by atoms with Crippen LogP contribution in [0.3, 0.4) is 0 Å². The Morgan fingerprint density at radius 1 is 0.500 bits per heavy atom. The highest BCUT2D eigenvalue weighted by atomic mass is 13.5. The van der Waals surface area contributed by atoms with E-state index in [1.165, 1.54) is 0 Å². The zero-order chi connectivity index (χ0) is 7.66. The Morgan fingerprint density at radius 2 is 0.800 bits per heavy atom. The van der Waals surface area contributed by atoms with Crippen molar-refractivity contribution in [3.8, 4) is 60.2 Å². The van der Waals surface area contributed by atoms with Gasteiger partial charge in [0.05, 0.1) is 0 Å². The summed E-state index contributed by atoms with van der Waals surface area (Å²) in [4.78, 5) is 0. The van der Waals surface area contributed by atoms with Gasteiger partial charge in [-0.3, -0.25) is 0 Å². The Labute approximate surface area is 61.0 Å². The molecule has 0 saturated heterocycles. The van der Waals surface area contributed by atoms with E-state index in [9.17, 15) is 0 Å². The zero-order valence-electron chi connectivity index (χ0n) is 5.15. The van der Waals surface area contributed by atoms with Crippen LogP contribution in [0.2, 0.25) is 0 Å². The second-order valence-corrected chi connectivity index (χ2v) is 1.04. The standard InChI is InChI=1S/C10H2/c1-3-5-7-9-10-8-6-4-2/h1-2H. The lowest BCUT2D eigenvalue weighted by Crippen LogP contribution is -1.51. The third-order valence-corrected chi connectivity index (χ3v) is 0.457. The molecule has 0 nitrogen and oxygen atoms in total. The maximum Gasteiger partial charge on any atom is -0.000000673 e. The molecular formula is C10H2. The number of rotatable bonds is 0. The van der Waals surface area contributed by atoms with Crippen LogP contribution in [0.15, 0.2) is 0 Å². The first-order valence-corrected chi connectivity index (χ1v) is 2.33. The van der Waals surface area contributed by atoms with Gasteiger partial charge in [-0.05, 0) is 47.4 Å². The molecule has 0 aliphatic rings. The molecule has 10 heavy (non-hydrogen) atoms. The molecule has 0 heterocycles. The average Bonchev–Trinajstić information content (AvgIpc) is 1.97. The van der Waals surface area contributed by atoms with Crippen molar-refractivity contribution in [2.75, 3.05) is 0 Å². The van der Waals surface area contributed by atoms with Crippen LogP contribution in [0.1, 0.15) is 0 Å². The van der Waals surface area contributed by atoms with Crippen LogP contribution in [-0.2, 0) is 0 Å². The van der Waals surface area contributed by atoms with E-state index in [0.717, 1.165) is 0 Å². The van der Waals surface area contributed by atoms with E-state index in [-0.39, 0.29) is 0 Å². The topological polar surface area (TPSA) is 0 Å². The molecule has 0 N–H and O–H groups in total. The highest BCUT2D eigenvalue weighted by Crippen LogP contribution is 1.52. The monoisotopic (exact) mass is 122 g/mol. The smallest absolute Gasteiger partial charge is 0.000000673 e. The van der Waals surface area contributed by atoms with Gasteiger partial charge in [0.2, 0.25) is 0 Å². The highest BCUT2D eigenvalue weighted by Gasteiger charge is 1.52. The summed E-state index contributed by atoms with van der Waals surface area (Å²) in [5, 5.41) is 0. The molecule has 0 unspecified atom stereocenters. The van der Waals surface area contributed by atoms with Crippen LogP contribution in [0.25, 0.3) is 0 Å². The minimum Gasteiger partial charge on any atom is -0.106 e. The van der Waals surface area contributed by atoms with Crippen molar-refractivity contribution in [1.82, 2.24) is 0 Å². The van der Waals surface area contributed by atoms with Gasteiger partial charge in [0, 0.05) is 0 Å². The Balaban J connectivity index is 4.01. The summed E-state index contributed by atoms with van der Waals surface area (Å²) < 4.78 is 0. The lowest BCUT2D eigenvalue weighted by Gasteiger charge is -1.52. The molecule has 0 radical (unpaired) electrons. The summed E-state index contributed by atoms with van der Waals surface area (Å²) in [5.74, 6) is 18.4. The van der Waals surface area contributed by atoms with Gasteiger partial charge in [-0.2, -0.15) is 0 Å². The molecule has 0 bridgehead atoms. The largest absolute Gasteiger partial charge is 0.106 e. The highest BCUT2D eigenvalue weighted by molar-refractivity contribution is 5.41. The van der Waals surface area contributed by atoms with Gasteiger partial charge in [0.25, 0.3) is 0 Å². The van der Waals surface area contributed by atoms with E-state index in [1.807, 2.05) is 0 Å². The van der Waals surface area contributed by atoms with E-state index in [4.69, 9.17) is 12.8 Å². The molecule has 0 atom stereocenters. The summed E-state index contributed by atoms with van der Waals surface area (Å²) in [6, 6.07) is 0. The number of terminal acetylenes is 2. The van der Waals surface area contributed by atoms with Crippen LogP contribution in [0.5, 0.6) is 0 Å². The van der Waals surface area contributed by atoms with Gasteiger partial charge in [-0.1, -0.05) is 0 Å². The molecule has 0 aliphatic carbocycles. The van der Waals surface area contributed by atoms with Crippen molar-refractivity contribution >= 4 is 0 Å². The molecule has 0 aliphatic heterocycles. The fourth-order valence-electron chi connectivity index (χ4n) is 0.197. The van der Waals surface area contributed by atoms with Crippen molar-refractivity contribution in [2.24, 2.45) is 0 Å². The summed E-state index contributed by atoms with van der Waals surface area (Å²) in [7, 11) is 0. The lowest BCUT2D eigenvalue weighted by molar-refractivity contribution is 2.37. The second kappa shape index (κ2) is 6.80. The summed E-state index contributed by atoms with van der Waals surface area (Å²) in [5.41, 5.74) is 0. The molecule has 0 spiro atoms. The minimum absolute atomic E-state index is 2.11. The molecule has 0 fully saturated rings. The first-order valence-electron chi connectivity index (χ1n) is 2.33. The third kappa shape index (κ3) is 5.80. The molecule has 0 aromatic carbocycles. The fraction of sp³-hybridized carbons (Fsp3) is 0. The lowest BCUT2D eigenvalue weighted by atomic mass is 10.5. The van der Waals surface area contributed by atoms with Gasteiger partial charge >= 0.3 is 0 Å². The molecule has 0 saturated carbocycles. The van der Waals surface area contributed by atoms with Crippen molar-refractivity contribution < 1.29 is 0 Å². The third-order valence-electron chi connectivity index (χ3n) is 0.457. The van der Waals surface area contributed by atoms with E-state index in [1.54, 1.807) is 0 Å². The minimum atomic E-state index is 2.11. The molecule has 0 rings (SSSR count). The molecule has 0 amide bonds. The average molecular weight is 122 g/mol. The van der Waals surface area contributed by atoms with Crippen LogP contribution in [0.4, 0.5) is 0 Å². The Morgan fingerprint density at radius 3 is 1.10 bits per heavy atom. The normalized spacial score (nSPS) is 3.40. The summed E-state index contributed by atoms with van der Waals surface area (Å²) in [6.07, 6.45) is 9.62. The van der Waals surface area contributed by atoms with Crippen LogP contribution >= 0.6 is 0 Å². The molecule has 42 valence electrons. The summed E-state index contributed by atoms with van der Waals surface area (Å²) in [6.45, 7) is 0. The second-order valence-electron chi connectivity index (χ2n) is 1.04. The van der Waals surface area contributed by atoms with Crippen molar-refractivity contribution in [3.63, 3.8) is 0 Å². The van der Waals surface area contributed by atoms with Crippen LogP contribution in [0, 0.1) is 60.2 Å². The summed E-state index contributed by atoms with van der Waals surface area (Å²) >= 11 is 0. The molecule has 0 aromatic rings. The van der Waals surface area contributed by atoms with E-state index in [2.05, 4.69) is 47.4 Å². The van der Waals surface area contributed by atoms with Crippen molar-refractivity contribution in [2.45, 2.75) is 0 Å².